The van der Waals surface area contributed by atoms with E-state index in [0.717, 1.165) is 74.2 Å². The second kappa shape index (κ2) is 11.9. The highest BCUT2D eigenvalue weighted by atomic mass is 16.5. The maximum atomic E-state index is 13.0. The fourth-order valence-electron chi connectivity index (χ4n) is 4.62. The lowest BCUT2D eigenvalue weighted by Crippen LogP contribution is -2.39. The van der Waals surface area contributed by atoms with E-state index >= 15 is 0 Å². The van der Waals surface area contributed by atoms with Gasteiger partial charge in [0.2, 0.25) is 5.91 Å². The van der Waals surface area contributed by atoms with Crippen LogP contribution in [0, 0.1) is 5.92 Å². The largest absolute Gasteiger partial charge is 0.497 e. The van der Waals surface area contributed by atoms with Gasteiger partial charge in [0.1, 0.15) is 18.1 Å². The number of para-hydroxylation sites is 2. The molecule has 1 aliphatic heterocycles. The fourth-order valence-corrected chi connectivity index (χ4v) is 4.62. The van der Waals surface area contributed by atoms with Crippen LogP contribution >= 0.6 is 0 Å². The topological polar surface area (TPSA) is 76.5 Å². The van der Waals surface area contributed by atoms with Gasteiger partial charge >= 0.3 is 0 Å². The van der Waals surface area contributed by atoms with Gasteiger partial charge in [0.05, 0.1) is 18.1 Å². The van der Waals surface area contributed by atoms with Gasteiger partial charge in [-0.25, -0.2) is 4.98 Å². The van der Waals surface area contributed by atoms with Crippen molar-refractivity contribution in [3.05, 3.63) is 59.9 Å². The summed E-state index contributed by atoms with van der Waals surface area (Å²) in [7, 11) is 1.61. The first-order valence-corrected chi connectivity index (χ1v) is 12.7. The van der Waals surface area contributed by atoms with Crippen molar-refractivity contribution >= 4 is 22.8 Å². The minimum absolute atomic E-state index is 0.0694. The minimum Gasteiger partial charge on any atom is -0.497 e. The molecule has 1 N–H and O–H groups in total. The predicted octanol–water partition coefficient (Wildman–Crippen LogP) is 4.45. The number of hydrogen-bond acceptors (Lipinski definition) is 4. The maximum Gasteiger partial charge on any atom is 0.251 e. The second-order valence-corrected chi connectivity index (χ2v) is 9.46. The molecule has 0 aliphatic carbocycles. The molecule has 2 aromatic carbocycles. The number of nitrogens with one attached hydrogen (secondary N) is 1. The number of ether oxygens (including phenoxy) is 1. The molecule has 0 unspecified atom stereocenters. The number of carbonyl (C=O) groups is 2. The minimum atomic E-state index is -0.0694. The summed E-state index contributed by atoms with van der Waals surface area (Å²) in [6.07, 6.45) is 5.80. The average molecular weight is 477 g/mol. The van der Waals surface area contributed by atoms with Gasteiger partial charge in [-0.3, -0.25) is 9.59 Å². The van der Waals surface area contributed by atoms with Gasteiger partial charge in [0, 0.05) is 31.6 Å². The molecule has 4 rings (SSSR count). The Bertz CT molecular complexity index is 1130. The van der Waals surface area contributed by atoms with Gasteiger partial charge in [0.25, 0.3) is 5.91 Å². The van der Waals surface area contributed by atoms with E-state index in [1.54, 1.807) is 31.4 Å². The molecule has 0 radical (unpaired) electrons. The van der Waals surface area contributed by atoms with Crippen molar-refractivity contribution in [1.29, 1.82) is 0 Å². The molecule has 7 nitrogen and oxygen atoms in total. The van der Waals surface area contributed by atoms with Gasteiger partial charge in [-0.05, 0) is 68.0 Å². The number of likely N-dealkylation sites (tertiary alicyclic amines) is 1. The lowest BCUT2D eigenvalue weighted by molar-refractivity contribution is -0.133. The van der Waals surface area contributed by atoms with E-state index in [0.29, 0.717) is 24.6 Å². The Morgan fingerprint density at radius 2 is 1.77 bits per heavy atom. The number of methoxy groups -OCH3 is 1. The molecule has 0 bridgehead atoms. The van der Waals surface area contributed by atoms with Gasteiger partial charge in [-0.2, -0.15) is 0 Å². The smallest absolute Gasteiger partial charge is 0.251 e. The Morgan fingerprint density at radius 3 is 2.51 bits per heavy atom. The Hall–Kier alpha value is -3.35. The van der Waals surface area contributed by atoms with Crippen LogP contribution in [-0.4, -0.2) is 53.0 Å². The first-order valence-electron chi connectivity index (χ1n) is 12.7. The fraction of sp³-hybridized carbons (Fsp3) is 0.464. The van der Waals surface area contributed by atoms with Gasteiger partial charge in [-0.1, -0.05) is 25.5 Å². The molecule has 1 fully saturated rings. The number of unbranched alkanes of at least 4 members (excludes halogenated alkanes) is 2. The second-order valence-electron chi connectivity index (χ2n) is 9.46. The summed E-state index contributed by atoms with van der Waals surface area (Å²) < 4.78 is 7.23. The van der Waals surface area contributed by atoms with Crippen molar-refractivity contribution < 1.29 is 14.3 Å². The Balaban J connectivity index is 1.28. The summed E-state index contributed by atoms with van der Waals surface area (Å²) in [6, 6.07) is 15.2. The summed E-state index contributed by atoms with van der Waals surface area (Å²) >= 11 is 0. The number of benzene rings is 2. The summed E-state index contributed by atoms with van der Waals surface area (Å²) in [6.45, 7) is 4.94. The highest BCUT2D eigenvalue weighted by molar-refractivity contribution is 5.94. The van der Waals surface area contributed by atoms with Crippen molar-refractivity contribution in [2.45, 2.75) is 52.0 Å². The highest BCUT2D eigenvalue weighted by Gasteiger charge is 2.22. The number of aromatic nitrogens is 2. The van der Waals surface area contributed by atoms with Gasteiger partial charge in [-0.15, -0.1) is 0 Å². The number of hydrogen-bond donors (Lipinski definition) is 1. The number of rotatable bonds is 10. The molecule has 1 aliphatic rings. The number of amides is 2. The molecule has 0 spiro atoms. The van der Waals surface area contributed by atoms with E-state index < -0.39 is 0 Å². The summed E-state index contributed by atoms with van der Waals surface area (Å²) in [4.78, 5) is 32.2. The zero-order chi connectivity index (χ0) is 24.6. The molecule has 1 aromatic heterocycles. The van der Waals surface area contributed by atoms with E-state index in [1.807, 2.05) is 29.2 Å². The van der Waals surface area contributed by atoms with Crippen LogP contribution < -0.4 is 10.1 Å². The van der Waals surface area contributed by atoms with Crippen LogP contribution in [0.4, 0.5) is 0 Å². The van der Waals surface area contributed by atoms with Crippen LogP contribution in [0.2, 0.25) is 0 Å². The van der Waals surface area contributed by atoms with Gasteiger partial charge in [0.15, 0.2) is 0 Å². The molecule has 2 heterocycles. The molecule has 7 heteroatoms. The lowest BCUT2D eigenvalue weighted by atomic mass is 9.99. The molecule has 1 saturated heterocycles. The third-order valence-corrected chi connectivity index (χ3v) is 6.88. The van der Waals surface area contributed by atoms with Crippen LogP contribution in [0.1, 0.15) is 55.2 Å². The summed E-state index contributed by atoms with van der Waals surface area (Å²) in [5, 5.41) is 2.98. The number of carbonyl (C=O) groups excluding carboxylic acids is 2. The van der Waals surface area contributed by atoms with Crippen molar-refractivity contribution in [1.82, 2.24) is 19.8 Å². The summed E-state index contributed by atoms with van der Waals surface area (Å²) in [5.74, 6) is 2.51. The first-order chi connectivity index (χ1) is 17.0. The summed E-state index contributed by atoms with van der Waals surface area (Å²) in [5.41, 5.74) is 2.59. The normalized spacial score (nSPS) is 14.3. The Morgan fingerprint density at radius 1 is 1.03 bits per heavy atom. The van der Waals surface area contributed by atoms with E-state index in [-0.39, 0.29) is 11.8 Å². The maximum absolute atomic E-state index is 13.0. The molecular formula is C28H36N4O3. The zero-order valence-electron chi connectivity index (χ0n) is 20.8. The van der Waals surface area contributed by atoms with E-state index in [2.05, 4.69) is 16.8 Å². The van der Waals surface area contributed by atoms with Crippen LogP contribution in [0.3, 0.4) is 0 Å². The van der Waals surface area contributed by atoms with Crippen molar-refractivity contribution in [3.8, 4) is 5.75 Å². The van der Waals surface area contributed by atoms with E-state index in [1.165, 1.54) is 0 Å². The van der Waals surface area contributed by atoms with Crippen LogP contribution in [0.25, 0.3) is 11.0 Å². The van der Waals surface area contributed by atoms with Gasteiger partial charge < -0.3 is 19.5 Å². The van der Waals surface area contributed by atoms with Crippen LogP contribution in [0.5, 0.6) is 5.75 Å². The Labute approximate surface area is 207 Å². The number of imidazole rings is 1. The Kier molecular flexibility index (Phi) is 8.40. The van der Waals surface area contributed by atoms with E-state index in [4.69, 9.17) is 9.72 Å². The van der Waals surface area contributed by atoms with Crippen molar-refractivity contribution in [3.63, 3.8) is 0 Å². The number of nitrogens with zero attached hydrogens (tertiary/aromatic N) is 3. The predicted molar refractivity (Wildman–Crippen MR) is 138 cm³/mol. The molecule has 0 saturated carbocycles. The van der Waals surface area contributed by atoms with E-state index in [9.17, 15) is 9.59 Å². The number of piperidine rings is 1. The molecule has 186 valence electrons. The third kappa shape index (κ3) is 6.41. The molecule has 35 heavy (non-hydrogen) atoms. The lowest BCUT2D eigenvalue weighted by Gasteiger charge is -2.30. The SMILES string of the molecule is COc1ccc(C(=O)NCCCCCc2nc3ccccc3n2CC(=O)N2CCC(C)CC2)cc1. The monoisotopic (exact) mass is 476 g/mol. The van der Waals surface area contributed by atoms with Crippen LogP contribution in [0.15, 0.2) is 48.5 Å². The number of fused-ring (bicyclic) bond motifs is 1. The highest BCUT2D eigenvalue weighted by Crippen LogP contribution is 2.20. The van der Waals surface area contributed by atoms with Crippen molar-refractivity contribution in [2.75, 3.05) is 26.7 Å². The average Bonchev–Trinajstić information content (AvgIpc) is 3.23. The molecule has 2 amide bonds. The number of aryl methyl sites for hydroxylation is 1. The molecular weight excluding hydrogens is 440 g/mol. The standard InChI is InChI=1S/C28H36N4O3/c1-21-15-18-31(19-16-21)27(33)20-32-25-9-6-5-8-24(25)30-26(32)10-4-3-7-17-29-28(34)22-11-13-23(35-2)14-12-22/h5-6,8-9,11-14,21H,3-4,7,10,15-20H2,1-2H3,(H,29,34). The first kappa shape index (κ1) is 24.8. The zero-order valence-corrected chi connectivity index (χ0v) is 20.8. The van der Waals surface area contributed by atoms with Crippen molar-refractivity contribution in [2.24, 2.45) is 5.92 Å². The molecule has 3 aromatic rings. The third-order valence-electron chi connectivity index (χ3n) is 6.88. The quantitative estimate of drug-likeness (QED) is 0.439. The molecule has 0 atom stereocenters. The van der Waals surface area contributed by atoms with Crippen LogP contribution in [-0.2, 0) is 17.8 Å².